The van der Waals surface area contributed by atoms with E-state index in [2.05, 4.69) is 65.5 Å². The van der Waals surface area contributed by atoms with Crippen molar-refractivity contribution in [1.82, 2.24) is 9.47 Å². The van der Waals surface area contributed by atoms with Crippen molar-refractivity contribution in [2.24, 2.45) is 0 Å². The lowest BCUT2D eigenvalue weighted by Gasteiger charge is -2.25. The average molecular weight is 424 g/mol. The van der Waals surface area contributed by atoms with Crippen molar-refractivity contribution in [1.29, 1.82) is 0 Å². The molecule has 1 aromatic heterocycles. The highest BCUT2D eigenvalue weighted by Crippen LogP contribution is 2.18. The summed E-state index contributed by atoms with van der Waals surface area (Å²) in [4.78, 5) is 15.2. The van der Waals surface area contributed by atoms with Crippen LogP contribution in [0.5, 0.6) is 0 Å². The highest BCUT2D eigenvalue weighted by Gasteiger charge is 2.17. The number of urea groups is 1. The van der Waals surface area contributed by atoms with Gasteiger partial charge in [0.2, 0.25) is 0 Å². The Morgan fingerprint density at radius 1 is 0.781 bits per heavy atom. The topological polar surface area (TPSA) is 37.3 Å². The predicted molar refractivity (Wildman–Crippen MR) is 131 cm³/mol. The van der Waals surface area contributed by atoms with Crippen molar-refractivity contribution >= 4 is 11.7 Å². The summed E-state index contributed by atoms with van der Waals surface area (Å²) >= 11 is 0. The number of aromatic nitrogens is 1. The van der Waals surface area contributed by atoms with Gasteiger partial charge >= 0.3 is 6.03 Å². The van der Waals surface area contributed by atoms with E-state index in [1.807, 2.05) is 60.4 Å². The summed E-state index contributed by atoms with van der Waals surface area (Å²) < 4.78 is 2.22. The number of nitrogens with one attached hydrogen (secondary N) is 1. The third kappa shape index (κ3) is 5.27. The number of rotatable bonds is 7. The van der Waals surface area contributed by atoms with Crippen molar-refractivity contribution in [3.63, 3.8) is 0 Å². The van der Waals surface area contributed by atoms with E-state index in [-0.39, 0.29) is 6.03 Å². The SMILES string of the molecule is Cc1ccccc1Cn1cccc1CN(Cc1ccccc1)C(=O)Nc1ccccc1C. The highest BCUT2D eigenvalue weighted by molar-refractivity contribution is 5.90. The van der Waals surface area contributed by atoms with Crippen LogP contribution in [0.2, 0.25) is 0 Å². The van der Waals surface area contributed by atoms with Crippen LogP contribution in [0.1, 0.15) is 27.9 Å². The summed E-state index contributed by atoms with van der Waals surface area (Å²) in [5.41, 5.74) is 6.64. The first-order chi connectivity index (χ1) is 15.6. The normalized spacial score (nSPS) is 10.7. The molecule has 32 heavy (non-hydrogen) atoms. The Bertz CT molecular complexity index is 1180. The molecule has 2 amide bonds. The molecule has 0 bridgehead atoms. The molecule has 4 rings (SSSR count). The molecule has 0 atom stereocenters. The summed E-state index contributed by atoms with van der Waals surface area (Å²) in [5.74, 6) is 0. The van der Waals surface area contributed by atoms with E-state index in [1.165, 1.54) is 11.1 Å². The average Bonchev–Trinajstić information content (AvgIpc) is 3.24. The molecule has 0 saturated carbocycles. The fraction of sp³-hybridized carbons (Fsp3) is 0.179. The number of carbonyl (C=O) groups is 1. The molecule has 0 radical (unpaired) electrons. The number of hydrogen-bond acceptors (Lipinski definition) is 1. The Hall–Kier alpha value is -3.79. The molecule has 0 aliphatic carbocycles. The summed E-state index contributed by atoms with van der Waals surface area (Å²) in [6, 6.07) is 30.5. The lowest BCUT2D eigenvalue weighted by Crippen LogP contribution is -2.35. The third-order valence-corrected chi connectivity index (χ3v) is 5.77. The Kier molecular flexibility index (Phi) is 6.71. The Labute approximate surface area is 190 Å². The first-order valence-electron chi connectivity index (χ1n) is 10.9. The van der Waals surface area contributed by atoms with E-state index in [1.54, 1.807) is 0 Å². The van der Waals surface area contributed by atoms with E-state index in [4.69, 9.17) is 0 Å². The largest absolute Gasteiger partial charge is 0.345 e. The maximum Gasteiger partial charge on any atom is 0.322 e. The van der Waals surface area contributed by atoms with Gasteiger partial charge in [-0.05, 0) is 54.3 Å². The Morgan fingerprint density at radius 3 is 2.22 bits per heavy atom. The summed E-state index contributed by atoms with van der Waals surface area (Å²) in [6.45, 7) is 5.98. The van der Waals surface area contributed by atoms with Crippen molar-refractivity contribution in [2.45, 2.75) is 33.5 Å². The van der Waals surface area contributed by atoms with Gasteiger partial charge in [0.1, 0.15) is 0 Å². The smallest absolute Gasteiger partial charge is 0.322 e. The zero-order valence-electron chi connectivity index (χ0n) is 18.7. The molecule has 1 heterocycles. The Morgan fingerprint density at radius 2 is 1.47 bits per heavy atom. The van der Waals surface area contributed by atoms with Gasteiger partial charge in [0, 0.05) is 30.7 Å². The van der Waals surface area contributed by atoms with Crippen LogP contribution in [0.15, 0.2) is 97.2 Å². The van der Waals surface area contributed by atoms with E-state index < -0.39 is 0 Å². The molecule has 0 fully saturated rings. The number of anilines is 1. The molecule has 3 aromatic carbocycles. The standard InChI is InChI=1S/C28H29N3O/c1-22-11-6-8-15-25(22)20-30-18-10-16-26(30)21-31(19-24-13-4-3-5-14-24)28(32)29-27-17-9-7-12-23(27)2/h3-18H,19-21H2,1-2H3,(H,29,32). The minimum atomic E-state index is -0.105. The number of carbonyl (C=O) groups excluding carboxylic acids is 1. The number of hydrogen-bond donors (Lipinski definition) is 1. The second kappa shape index (κ2) is 10.0. The van der Waals surface area contributed by atoms with Gasteiger partial charge in [-0.3, -0.25) is 0 Å². The van der Waals surface area contributed by atoms with E-state index in [9.17, 15) is 4.79 Å². The zero-order valence-corrected chi connectivity index (χ0v) is 18.7. The van der Waals surface area contributed by atoms with E-state index >= 15 is 0 Å². The van der Waals surface area contributed by atoms with Crippen LogP contribution in [0.4, 0.5) is 10.5 Å². The number of amides is 2. The van der Waals surface area contributed by atoms with Crippen molar-refractivity contribution < 1.29 is 4.79 Å². The first-order valence-corrected chi connectivity index (χ1v) is 10.9. The predicted octanol–water partition coefficient (Wildman–Crippen LogP) is 6.39. The molecule has 1 N–H and O–H groups in total. The van der Waals surface area contributed by atoms with Crippen molar-refractivity contribution in [3.05, 3.63) is 125 Å². The van der Waals surface area contributed by atoms with Gasteiger partial charge in [-0.15, -0.1) is 0 Å². The molecule has 0 aliphatic heterocycles. The van der Waals surface area contributed by atoms with Crippen LogP contribution in [0, 0.1) is 13.8 Å². The lowest BCUT2D eigenvalue weighted by molar-refractivity contribution is 0.205. The van der Waals surface area contributed by atoms with Crippen LogP contribution in [-0.2, 0) is 19.6 Å². The first kappa shape index (κ1) is 21.4. The molecule has 0 spiro atoms. The number of benzene rings is 3. The number of para-hydroxylation sites is 1. The second-order valence-corrected chi connectivity index (χ2v) is 8.14. The number of nitrogens with zero attached hydrogens (tertiary/aromatic N) is 2. The molecule has 4 heteroatoms. The molecule has 0 aliphatic rings. The monoisotopic (exact) mass is 423 g/mol. The maximum atomic E-state index is 13.3. The molecule has 0 unspecified atom stereocenters. The quantitative estimate of drug-likeness (QED) is 0.367. The fourth-order valence-corrected chi connectivity index (χ4v) is 3.82. The molecule has 4 aromatic rings. The van der Waals surface area contributed by atoms with Crippen molar-refractivity contribution in [2.75, 3.05) is 5.32 Å². The van der Waals surface area contributed by atoms with Crippen LogP contribution in [-0.4, -0.2) is 15.5 Å². The van der Waals surface area contributed by atoms with Gasteiger partial charge in [0.05, 0.1) is 6.54 Å². The minimum Gasteiger partial charge on any atom is -0.345 e. The summed E-state index contributed by atoms with van der Waals surface area (Å²) in [6.07, 6.45) is 2.09. The van der Waals surface area contributed by atoms with Gasteiger partial charge in [-0.1, -0.05) is 72.8 Å². The van der Waals surface area contributed by atoms with Gasteiger partial charge in [-0.2, -0.15) is 0 Å². The molecule has 4 nitrogen and oxygen atoms in total. The van der Waals surface area contributed by atoms with E-state index in [0.29, 0.717) is 13.1 Å². The molecule has 0 saturated heterocycles. The molecular formula is C28H29N3O. The summed E-state index contributed by atoms with van der Waals surface area (Å²) in [7, 11) is 0. The van der Waals surface area contributed by atoms with Crippen LogP contribution < -0.4 is 5.32 Å². The molecule has 162 valence electrons. The lowest BCUT2D eigenvalue weighted by atomic mass is 10.1. The van der Waals surface area contributed by atoms with Crippen LogP contribution in [0.3, 0.4) is 0 Å². The van der Waals surface area contributed by atoms with Gasteiger partial charge in [0.25, 0.3) is 0 Å². The molecular weight excluding hydrogens is 394 g/mol. The summed E-state index contributed by atoms with van der Waals surface area (Å²) in [5, 5.41) is 3.10. The van der Waals surface area contributed by atoms with Crippen molar-refractivity contribution in [3.8, 4) is 0 Å². The van der Waals surface area contributed by atoms with Crippen LogP contribution >= 0.6 is 0 Å². The maximum absolute atomic E-state index is 13.3. The number of aryl methyl sites for hydroxylation is 2. The second-order valence-electron chi connectivity index (χ2n) is 8.14. The minimum absolute atomic E-state index is 0.105. The zero-order chi connectivity index (χ0) is 22.3. The highest BCUT2D eigenvalue weighted by atomic mass is 16.2. The van der Waals surface area contributed by atoms with Gasteiger partial charge < -0.3 is 14.8 Å². The fourth-order valence-electron chi connectivity index (χ4n) is 3.82. The van der Waals surface area contributed by atoms with Crippen LogP contribution in [0.25, 0.3) is 0 Å². The van der Waals surface area contributed by atoms with Gasteiger partial charge in [0.15, 0.2) is 0 Å². The Balaban J connectivity index is 1.57. The van der Waals surface area contributed by atoms with E-state index in [0.717, 1.165) is 29.1 Å². The van der Waals surface area contributed by atoms with Gasteiger partial charge in [-0.25, -0.2) is 4.79 Å². The third-order valence-electron chi connectivity index (χ3n) is 5.77.